The fourth-order valence-corrected chi connectivity index (χ4v) is 1.91. The van der Waals surface area contributed by atoms with E-state index in [2.05, 4.69) is 5.10 Å². The summed E-state index contributed by atoms with van der Waals surface area (Å²) in [6, 6.07) is 12.4. The third kappa shape index (κ3) is 2.05. The Morgan fingerprint density at radius 2 is 1.95 bits per heavy atom. The highest BCUT2D eigenvalue weighted by Gasteiger charge is 2.17. The molecule has 0 saturated carbocycles. The number of hydrogen-bond donors (Lipinski definition) is 0. The van der Waals surface area contributed by atoms with Crippen molar-refractivity contribution in [2.24, 2.45) is 0 Å². The van der Waals surface area contributed by atoms with Gasteiger partial charge in [-0.2, -0.15) is 9.78 Å². The molecule has 0 fully saturated rings. The molecule has 2 aromatic heterocycles. The third-order valence-electron chi connectivity index (χ3n) is 2.86. The number of carbonyl (C=O) groups excluding carboxylic acids is 2. The van der Waals surface area contributed by atoms with Gasteiger partial charge in [0, 0.05) is 11.8 Å². The summed E-state index contributed by atoms with van der Waals surface area (Å²) in [5.74, 6) is -0.246. The lowest BCUT2D eigenvalue weighted by Gasteiger charge is -1.97. The number of benzene rings is 1. The minimum absolute atomic E-state index is 0.171. The van der Waals surface area contributed by atoms with Crippen molar-refractivity contribution in [2.75, 3.05) is 0 Å². The molecule has 20 heavy (non-hydrogen) atoms. The van der Waals surface area contributed by atoms with Crippen LogP contribution in [0.4, 0.5) is 0 Å². The van der Waals surface area contributed by atoms with E-state index in [4.69, 9.17) is 4.42 Å². The normalized spacial score (nSPS) is 10.4. The topological polar surface area (TPSA) is 65.1 Å². The molecule has 0 spiro atoms. The van der Waals surface area contributed by atoms with Crippen LogP contribution < -0.4 is 0 Å². The Morgan fingerprint density at radius 1 is 1.15 bits per heavy atom. The van der Waals surface area contributed by atoms with E-state index < -0.39 is 5.91 Å². The van der Waals surface area contributed by atoms with Gasteiger partial charge in [0.15, 0.2) is 12.0 Å². The molecule has 0 aliphatic carbocycles. The average molecular weight is 266 g/mol. The van der Waals surface area contributed by atoms with E-state index in [-0.39, 0.29) is 5.76 Å². The zero-order valence-electron chi connectivity index (χ0n) is 10.4. The summed E-state index contributed by atoms with van der Waals surface area (Å²) >= 11 is 0. The summed E-state index contributed by atoms with van der Waals surface area (Å²) < 4.78 is 6.16. The number of aldehydes is 1. The molecule has 0 radical (unpaired) electrons. The maximum absolute atomic E-state index is 12.1. The van der Waals surface area contributed by atoms with Gasteiger partial charge in [0.1, 0.15) is 5.69 Å². The molecular formula is C15H10N2O3. The van der Waals surface area contributed by atoms with Crippen LogP contribution in [-0.2, 0) is 0 Å². The van der Waals surface area contributed by atoms with Crippen LogP contribution >= 0.6 is 0 Å². The van der Waals surface area contributed by atoms with Gasteiger partial charge in [0.25, 0.3) is 0 Å². The number of nitrogens with zero attached hydrogens (tertiary/aromatic N) is 2. The van der Waals surface area contributed by atoms with Crippen LogP contribution in [0.15, 0.2) is 59.3 Å². The van der Waals surface area contributed by atoms with Crippen molar-refractivity contribution in [2.45, 2.75) is 0 Å². The maximum Gasteiger partial charge on any atom is 0.313 e. The smallest absolute Gasteiger partial charge is 0.313 e. The van der Waals surface area contributed by atoms with Crippen molar-refractivity contribution < 1.29 is 14.0 Å². The SMILES string of the molecule is O=Cc1cn(C(=O)c2ccco2)nc1-c1ccccc1. The second kappa shape index (κ2) is 4.97. The molecule has 0 aliphatic heterocycles. The molecule has 1 aromatic carbocycles. The third-order valence-corrected chi connectivity index (χ3v) is 2.86. The largest absolute Gasteiger partial charge is 0.459 e. The Balaban J connectivity index is 2.06. The van der Waals surface area contributed by atoms with Crippen molar-refractivity contribution in [3.63, 3.8) is 0 Å². The van der Waals surface area contributed by atoms with Crippen LogP contribution in [0, 0.1) is 0 Å². The molecular weight excluding hydrogens is 256 g/mol. The molecule has 5 nitrogen and oxygen atoms in total. The molecule has 3 aromatic rings. The standard InChI is InChI=1S/C15H10N2O3/c18-10-12-9-17(15(19)13-7-4-8-20-13)16-14(12)11-5-2-1-3-6-11/h1-10H. The van der Waals surface area contributed by atoms with Gasteiger partial charge in [-0.1, -0.05) is 30.3 Å². The molecule has 0 bridgehead atoms. The first-order valence-corrected chi connectivity index (χ1v) is 5.98. The van der Waals surface area contributed by atoms with Crippen LogP contribution in [-0.4, -0.2) is 22.0 Å². The molecule has 2 heterocycles. The van der Waals surface area contributed by atoms with Crippen molar-refractivity contribution in [3.05, 3.63) is 66.2 Å². The highest BCUT2D eigenvalue weighted by atomic mass is 16.3. The Labute approximate surface area is 114 Å². The zero-order valence-corrected chi connectivity index (χ0v) is 10.4. The minimum Gasteiger partial charge on any atom is -0.459 e. The van der Waals surface area contributed by atoms with Crippen LogP contribution in [0.3, 0.4) is 0 Å². The van der Waals surface area contributed by atoms with Gasteiger partial charge >= 0.3 is 5.91 Å². The molecule has 0 atom stereocenters. The summed E-state index contributed by atoms with van der Waals surface area (Å²) in [6.07, 6.45) is 3.50. The molecule has 0 saturated heterocycles. The maximum atomic E-state index is 12.1. The monoisotopic (exact) mass is 266 g/mol. The summed E-state index contributed by atoms with van der Waals surface area (Å²) in [4.78, 5) is 23.2. The molecule has 3 rings (SSSR count). The molecule has 0 unspecified atom stereocenters. The fourth-order valence-electron chi connectivity index (χ4n) is 1.91. The Kier molecular flexibility index (Phi) is 3.01. The van der Waals surface area contributed by atoms with Crippen molar-refractivity contribution >= 4 is 12.2 Å². The number of hydrogen-bond acceptors (Lipinski definition) is 4. The van der Waals surface area contributed by atoms with Gasteiger partial charge in [-0.15, -0.1) is 0 Å². The van der Waals surface area contributed by atoms with Crippen molar-refractivity contribution in [3.8, 4) is 11.3 Å². The molecule has 0 N–H and O–H groups in total. The molecule has 0 aliphatic rings. The molecule has 0 amide bonds. The summed E-state index contributed by atoms with van der Waals surface area (Å²) in [6.45, 7) is 0. The van der Waals surface area contributed by atoms with E-state index in [0.29, 0.717) is 17.5 Å². The number of carbonyl (C=O) groups is 2. The van der Waals surface area contributed by atoms with Crippen LogP contribution in [0.5, 0.6) is 0 Å². The molecule has 5 heteroatoms. The predicted molar refractivity (Wildman–Crippen MR) is 71.5 cm³/mol. The van der Waals surface area contributed by atoms with E-state index in [1.807, 2.05) is 30.3 Å². The lowest BCUT2D eigenvalue weighted by atomic mass is 10.1. The number of aromatic nitrogens is 2. The zero-order chi connectivity index (χ0) is 13.9. The van der Waals surface area contributed by atoms with E-state index in [9.17, 15) is 9.59 Å². The van der Waals surface area contributed by atoms with E-state index in [1.54, 1.807) is 12.1 Å². The summed E-state index contributed by atoms with van der Waals surface area (Å²) in [5, 5.41) is 4.18. The second-order valence-electron chi connectivity index (χ2n) is 4.14. The lowest BCUT2D eigenvalue weighted by molar-refractivity contribution is 0.0917. The van der Waals surface area contributed by atoms with E-state index in [1.165, 1.54) is 12.5 Å². The highest BCUT2D eigenvalue weighted by molar-refractivity contribution is 5.95. The number of rotatable bonds is 3. The fraction of sp³-hybridized carbons (Fsp3) is 0. The van der Waals surface area contributed by atoms with Crippen LogP contribution in [0.2, 0.25) is 0 Å². The second-order valence-corrected chi connectivity index (χ2v) is 4.14. The summed E-state index contributed by atoms with van der Waals surface area (Å²) in [5.41, 5.74) is 1.61. The van der Waals surface area contributed by atoms with Gasteiger partial charge in [-0.25, -0.2) is 0 Å². The van der Waals surface area contributed by atoms with Gasteiger partial charge in [0.2, 0.25) is 0 Å². The minimum atomic E-state index is -0.416. The van der Waals surface area contributed by atoms with Crippen LogP contribution in [0.1, 0.15) is 20.9 Å². The number of furan rings is 1. The first-order valence-electron chi connectivity index (χ1n) is 5.98. The van der Waals surface area contributed by atoms with E-state index in [0.717, 1.165) is 10.2 Å². The van der Waals surface area contributed by atoms with Gasteiger partial charge in [0.05, 0.1) is 11.8 Å². The van der Waals surface area contributed by atoms with Gasteiger partial charge < -0.3 is 4.42 Å². The molecule has 98 valence electrons. The van der Waals surface area contributed by atoms with Crippen molar-refractivity contribution in [1.29, 1.82) is 0 Å². The Hall–Kier alpha value is -2.95. The van der Waals surface area contributed by atoms with Crippen LogP contribution in [0.25, 0.3) is 11.3 Å². The predicted octanol–water partition coefficient (Wildman–Crippen LogP) is 2.64. The first kappa shape index (κ1) is 12.1. The van der Waals surface area contributed by atoms with E-state index >= 15 is 0 Å². The first-order chi connectivity index (χ1) is 9.79. The quantitative estimate of drug-likeness (QED) is 0.683. The van der Waals surface area contributed by atoms with Crippen molar-refractivity contribution in [1.82, 2.24) is 9.78 Å². The lowest BCUT2D eigenvalue weighted by Crippen LogP contribution is -2.11. The average Bonchev–Trinajstić information content (AvgIpc) is 3.17. The van der Waals surface area contributed by atoms with Gasteiger partial charge in [-0.05, 0) is 12.1 Å². The Bertz CT molecular complexity index is 743. The summed E-state index contributed by atoms with van der Waals surface area (Å²) in [7, 11) is 0. The highest BCUT2D eigenvalue weighted by Crippen LogP contribution is 2.20. The Morgan fingerprint density at radius 3 is 2.60 bits per heavy atom. The van der Waals surface area contributed by atoms with Gasteiger partial charge in [-0.3, -0.25) is 9.59 Å².